The Labute approximate surface area is 124 Å². The summed E-state index contributed by atoms with van der Waals surface area (Å²) in [5.41, 5.74) is 1.19. The Morgan fingerprint density at radius 2 is 1.83 bits per heavy atom. The molecule has 0 saturated carbocycles. The van der Waals surface area contributed by atoms with Gasteiger partial charge in [-0.15, -0.1) is 0 Å². The van der Waals surface area contributed by atoms with Gasteiger partial charge in [-0.05, 0) is 35.4 Å². The van der Waals surface area contributed by atoms with Crippen molar-refractivity contribution in [2.24, 2.45) is 5.92 Å². The minimum Gasteiger partial charge on any atom is -0.369 e. The highest BCUT2D eigenvalue weighted by Gasteiger charge is 2.23. The molecule has 0 saturated heterocycles. The van der Waals surface area contributed by atoms with Gasteiger partial charge in [-0.3, -0.25) is 0 Å². The molecule has 0 unspecified atom stereocenters. The van der Waals surface area contributed by atoms with Crippen LogP contribution < -0.4 is 5.32 Å². The van der Waals surface area contributed by atoms with Gasteiger partial charge in [0.15, 0.2) is 0 Å². The number of hydrogen-bond acceptors (Lipinski definition) is 3. The third kappa shape index (κ3) is 4.07. The quantitative estimate of drug-likeness (QED) is 0.824. The lowest BCUT2D eigenvalue weighted by atomic mass is 9.91. The fourth-order valence-corrected chi connectivity index (χ4v) is 2.97. The first-order chi connectivity index (χ1) is 8.25. The van der Waals surface area contributed by atoms with Gasteiger partial charge in [0.25, 0.3) is 0 Å². The van der Waals surface area contributed by atoms with Gasteiger partial charge < -0.3 is 5.32 Å². The largest absolute Gasteiger partial charge is 0.369 e. The zero-order valence-corrected chi connectivity index (χ0v) is 14.4. The summed E-state index contributed by atoms with van der Waals surface area (Å²) in [5.74, 6) is 2.51. The molecule has 0 spiro atoms. The van der Waals surface area contributed by atoms with Crippen LogP contribution in [0.25, 0.3) is 0 Å². The first-order valence-corrected chi connectivity index (χ1v) is 7.64. The molecule has 0 fully saturated rings. The lowest BCUT2D eigenvalue weighted by Gasteiger charge is -2.22. The highest BCUT2D eigenvalue weighted by Crippen LogP contribution is 2.29. The maximum absolute atomic E-state index is 4.77. The average Bonchev–Trinajstić information content (AvgIpc) is 2.20. The van der Waals surface area contributed by atoms with E-state index in [4.69, 9.17) is 4.98 Å². The predicted octanol–water partition coefficient (Wildman–Crippen LogP) is 4.01. The molecule has 0 aliphatic heterocycles. The first-order valence-electron chi connectivity index (χ1n) is 6.56. The Kier molecular flexibility index (Phi) is 5.37. The van der Waals surface area contributed by atoms with E-state index in [1.165, 1.54) is 0 Å². The number of nitrogens with zero attached hydrogens (tertiary/aromatic N) is 2. The van der Waals surface area contributed by atoms with Crippen molar-refractivity contribution in [1.82, 2.24) is 9.97 Å². The molecule has 0 aliphatic carbocycles. The minimum absolute atomic E-state index is 0.0510. The minimum atomic E-state index is 0.0510. The molecule has 4 heteroatoms. The van der Waals surface area contributed by atoms with Crippen molar-refractivity contribution in [2.75, 3.05) is 11.9 Å². The van der Waals surface area contributed by atoms with Crippen LogP contribution in [0.1, 0.15) is 53.1 Å². The molecule has 0 bridgehead atoms. The van der Waals surface area contributed by atoms with E-state index in [9.17, 15) is 0 Å². The second-order valence-electron chi connectivity index (χ2n) is 6.03. The van der Waals surface area contributed by atoms with Crippen LogP contribution >= 0.6 is 22.6 Å². The standard InChI is InChI=1S/C14H24IN3/c1-7-16-13-11(15)12(14(4,5)6)17-10(18-13)8-9(2)3/h9H,7-8H2,1-6H3,(H,16,17,18). The summed E-state index contributed by atoms with van der Waals surface area (Å²) in [6.45, 7) is 14.0. The maximum atomic E-state index is 4.77. The van der Waals surface area contributed by atoms with E-state index in [2.05, 4.69) is 74.4 Å². The molecule has 0 radical (unpaired) electrons. The summed E-state index contributed by atoms with van der Waals surface area (Å²) in [4.78, 5) is 9.41. The molecule has 0 amide bonds. The Morgan fingerprint density at radius 3 is 2.28 bits per heavy atom. The van der Waals surface area contributed by atoms with Crippen LogP contribution in [0.4, 0.5) is 5.82 Å². The number of aromatic nitrogens is 2. The first kappa shape index (κ1) is 15.7. The zero-order valence-electron chi connectivity index (χ0n) is 12.3. The molecule has 1 aromatic heterocycles. The van der Waals surface area contributed by atoms with E-state index in [-0.39, 0.29) is 5.41 Å². The van der Waals surface area contributed by atoms with Crippen molar-refractivity contribution < 1.29 is 0 Å². The van der Waals surface area contributed by atoms with Crippen LogP contribution in [-0.2, 0) is 11.8 Å². The fraction of sp³-hybridized carbons (Fsp3) is 0.714. The molecule has 1 N–H and O–H groups in total. The Balaban J connectivity index is 3.27. The molecule has 1 heterocycles. The molecule has 1 aromatic rings. The maximum Gasteiger partial charge on any atom is 0.143 e. The van der Waals surface area contributed by atoms with Crippen LogP contribution in [0.5, 0.6) is 0 Å². The third-order valence-corrected chi connectivity index (χ3v) is 3.56. The average molecular weight is 361 g/mol. The predicted molar refractivity (Wildman–Crippen MR) is 86.2 cm³/mol. The summed E-state index contributed by atoms with van der Waals surface area (Å²) >= 11 is 2.35. The summed E-state index contributed by atoms with van der Waals surface area (Å²) in [6, 6.07) is 0. The van der Waals surface area contributed by atoms with Gasteiger partial charge in [-0.2, -0.15) is 0 Å². The summed E-state index contributed by atoms with van der Waals surface area (Å²) in [6.07, 6.45) is 0.929. The number of anilines is 1. The lowest BCUT2D eigenvalue weighted by molar-refractivity contribution is 0.547. The van der Waals surface area contributed by atoms with Gasteiger partial charge in [0.2, 0.25) is 0 Å². The van der Waals surface area contributed by atoms with E-state index >= 15 is 0 Å². The van der Waals surface area contributed by atoms with Crippen molar-refractivity contribution in [1.29, 1.82) is 0 Å². The van der Waals surface area contributed by atoms with Crippen molar-refractivity contribution in [2.45, 2.75) is 53.4 Å². The molecular formula is C14H24IN3. The van der Waals surface area contributed by atoms with E-state index in [1.54, 1.807) is 0 Å². The lowest BCUT2D eigenvalue weighted by Crippen LogP contribution is -2.20. The van der Waals surface area contributed by atoms with Crippen molar-refractivity contribution >= 4 is 28.4 Å². The Morgan fingerprint density at radius 1 is 1.22 bits per heavy atom. The molecule has 0 atom stereocenters. The van der Waals surface area contributed by atoms with Crippen LogP contribution in [0.2, 0.25) is 0 Å². The molecule has 0 aromatic carbocycles. The fourth-order valence-electron chi connectivity index (χ4n) is 1.73. The molecule has 3 nitrogen and oxygen atoms in total. The molecule has 1 rings (SSSR count). The molecule has 0 aliphatic rings. The summed E-state index contributed by atoms with van der Waals surface area (Å²) in [5, 5.41) is 3.34. The van der Waals surface area contributed by atoms with Gasteiger partial charge in [0.1, 0.15) is 11.6 Å². The number of halogens is 1. The van der Waals surface area contributed by atoms with Gasteiger partial charge in [-0.1, -0.05) is 34.6 Å². The second-order valence-corrected chi connectivity index (χ2v) is 7.11. The van der Waals surface area contributed by atoms with Crippen molar-refractivity contribution in [3.8, 4) is 0 Å². The van der Waals surface area contributed by atoms with E-state index < -0.39 is 0 Å². The van der Waals surface area contributed by atoms with Crippen molar-refractivity contribution in [3.63, 3.8) is 0 Å². The number of rotatable bonds is 4. The van der Waals surface area contributed by atoms with Gasteiger partial charge in [0, 0.05) is 18.4 Å². The molecular weight excluding hydrogens is 337 g/mol. The number of hydrogen-bond donors (Lipinski definition) is 1. The van der Waals surface area contributed by atoms with E-state index in [0.29, 0.717) is 5.92 Å². The van der Waals surface area contributed by atoms with E-state index in [0.717, 1.165) is 33.9 Å². The van der Waals surface area contributed by atoms with Crippen LogP contribution in [0.15, 0.2) is 0 Å². The van der Waals surface area contributed by atoms with Crippen molar-refractivity contribution in [3.05, 3.63) is 15.1 Å². The van der Waals surface area contributed by atoms with Crippen LogP contribution in [-0.4, -0.2) is 16.5 Å². The third-order valence-electron chi connectivity index (χ3n) is 2.54. The van der Waals surface area contributed by atoms with E-state index in [1.807, 2.05) is 0 Å². The monoisotopic (exact) mass is 361 g/mol. The van der Waals surface area contributed by atoms with Gasteiger partial charge in [-0.25, -0.2) is 9.97 Å². The van der Waals surface area contributed by atoms with Gasteiger partial charge in [0.05, 0.1) is 9.26 Å². The number of nitrogens with one attached hydrogen (secondary N) is 1. The topological polar surface area (TPSA) is 37.8 Å². The smallest absolute Gasteiger partial charge is 0.143 e. The summed E-state index contributed by atoms with van der Waals surface area (Å²) < 4.78 is 1.15. The highest BCUT2D eigenvalue weighted by molar-refractivity contribution is 14.1. The SMILES string of the molecule is CCNc1nc(CC(C)C)nc(C(C)(C)C)c1I. The van der Waals surface area contributed by atoms with Crippen LogP contribution in [0.3, 0.4) is 0 Å². The second kappa shape index (κ2) is 6.17. The normalized spacial score (nSPS) is 12.0. The van der Waals surface area contributed by atoms with Crippen LogP contribution in [0, 0.1) is 9.49 Å². The molecule has 18 heavy (non-hydrogen) atoms. The van der Waals surface area contributed by atoms with Gasteiger partial charge >= 0.3 is 0 Å². The zero-order chi connectivity index (χ0) is 13.9. The highest BCUT2D eigenvalue weighted by atomic mass is 127. The Bertz CT molecular complexity index is 408. The molecule has 102 valence electrons. The summed E-state index contributed by atoms with van der Waals surface area (Å²) in [7, 11) is 0. The Hall–Kier alpha value is -0.390.